The molecule has 1 aromatic heterocycles. The summed E-state index contributed by atoms with van der Waals surface area (Å²) in [5.41, 5.74) is 5.28. The molecule has 0 saturated heterocycles. The molecule has 170 valence electrons. The number of hydrogen-bond donors (Lipinski definition) is 2. The number of aryl methyl sites for hydroxylation is 1. The number of hydrogen-bond acceptors (Lipinski definition) is 5. The van der Waals surface area contributed by atoms with Crippen LogP contribution in [0.15, 0.2) is 96.5 Å². The quantitative estimate of drug-likeness (QED) is 0.427. The van der Waals surface area contributed by atoms with Gasteiger partial charge in [-0.15, -0.1) is 0 Å². The third-order valence-electron chi connectivity index (χ3n) is 5.75. The number of carbonyl (C=O) groups is 1. The lowest BCUT2D eigenvalue weighted by atomic mass is 9.95. The smallest absolute Gasteiger partial charge is 0.255 e. The monoisotopic (exact) mass is 451 g/mol. The summed E-state index contributed by atoms with van der Waals surface area (Å²) in [7, 11) is 0. The molecule has 3 aromatic carbocycles. The Labute approximate surface area is 198 Å². The highest BCUT2D eigenvalue weighted by Crippen LogP contribution is 2.35. The number of anilines is 2. The first-order chi connectivity index (χ1) is 16.6. The van der Waals surface area contributed by atoms with Crippen LogP contribution in [-0.4, -0.2) is 20.7 Å². The number of amides is 1. The third kappa shape index (κ3) is 4.41. The predicted molar refractivity (Wildman–Crippen MR) is 132 cm³/mol. The SMILES string of the molecule is CC1=C(C(=O)Nc2ccccc2)C(c2ccc(OCc3cccc(C)c3)cc2)n2ncnc2N1. The van der Waals surface area contributed by atoms with Crippen molar-refractivity contribution in [3.05, 3.63) is 113 Å². The van der Waals surface area contributed by atoms with E-state index in [1.54, 1.807) is 4.68 Å². The van der Waals surface area contributed by atoms with Gasteiger partial charge in [-0.25, -0.2) is 4.68 Å². The van der Waals surface area contributed by atoms with Crippen molar-refractivity contribution in [2.45, 2.75) is 26.5 Å². The molecule has 1 atom stereocenters. The Morgan fingerprint density at radius 2 is 1.82 bits per heavy atom. The van der Waals surface area contributed by atoms with Crippen LogP contribution >= 0.6 is 0 Å². The minimum atomic E-state index is -0.423. The van der Waals surface area contributed by atoms with Gasteiger partial charge in [-0.3, -0.25) is 4.79 Å². The first kappa shape index (κ1) is 21.5. The van der Waals surface area contributed by atoms with Crippen LogP contribution in [0.4, 0.5) is 11.6 Å². The van der Waals surface area contributed by atoms with E-state index < -0.39 is 6.04 Å². The molecule has 4 aromatic rings. The van der Waals surface area contributed by atoms with Crippen molar-refractivity contribution in [1.29, 1.82) is 0 Å². The van der Waals surface area contributed by atoms with Crippen LogP contribution in [0, 0.1) is 6.92 Å². The molecule has 1 aliphatic rings. The lowest BCUT2D eigenvalue weighted by Crippen LogP contribution is -2.31. The van der Waals surface area contributed by atoms with E-state index in [1.807, 2.05) is 73.7 Å². The summed E-state index contributed by atoms with van der Waals surface area (Å²) in [4.78, 5) is 17.7. The average molecular weight is 452 g/mol. The maximum atomic E-state index is 13.4. The number of benzene rings is 3. The third-order valence-corrected chi connectivity index (χ3v) is 5.75. The van der Waals surface area contributed by atoms with Crippen LogP contribution in [0.2, 0.25) is 0 Å². The Bertz CT molecular complexity index is 1340. The molecule has 0 radical (unpaired) electrons. The summed E-state index contributed by atoms with van der Waals surface area (Å²) in [6, 6.07) is 25.0. The van der Waals surface area contributed by atoms with Gasteiger partial charge < -0.3 is 15.4 Å². The van der Waals surface area contributed by atoms with Gasteiger partial charge in [-0.05, 0) is 49.2 Å². The molecule has 0 fully saturated rings. The highest BCUT2D eigenvalue weighted by atomic mass is 16.5. The molecule has 2 heterocycles. The van der Waals surface area contributed by atoms with Crippen molar-refractivity contribution in [3.8, 4) is 5.75 Å². The van der Waals surface area contributed by atoms with Gasteiger partial charge in [0.05, 0.1) is 5.57 Å². The van der Waals surface area contributed by atoms with Crippen molar-refractivity contribution in [2.24, 2.45) is 0 Å². The van der Waals surface area contributed by atoms with E-state index in [1.165, 1.54) is 11.9 Å². The van der Waals surface area contributed by atoms with Crippen molar-refractivity contribution >= 4 is 17.5 Å². The second-order valence-electron chi connectivity index (χ2n) is 8.26. The molecule has 0 saturated carbocycles. The standard InChI is InChI=1S/C27H25N5O2/c1-18-7-6-8-20(15-18)16-34-23-13-11-21(12-14-23)25-24(19(2)30-27-28-17-29-32(25)27)26(33)31-22-9-4-3-5-10-22/h3-15,17,25H,16H2,1-2H3,(H,31,33)(H,28,29,30). The van der Waals surface area contributed by atoms with Gasteiger partial charge in [0.15, 0.2) is 0 Å². The van der Waals surface area contributed by atoms with Crippen LogP contribution in [0.3, 0.4) is 0 Å². The van der Waals surface area contributed by atoms with E-state index in [0.29, 0.717) is 18.1 Å². The normalized spacial score (nSPS) is 14.8. The van der Waals surface area contributed by atoms with Gasteiger partial charge in [-0.1, -0.05) is 60.2 Å². The molecule has 1 unspecified atom stereocenters. The van der Waals surface area contributed by atoms with Gasteiger partial charge in [0.2, 0.25) is 5.95 Å². The largest absolute Gasteiger partial charge is 0.489 e. The van der Waals surface area contributed by atoms with Crippen molar-refractivity contribution < 1.29 is 9.53 Å². The number of nitrogens with one attached hydrogen (secondary N) is 2. The molecule has 2 N–H and O–H groups in total. The molecule has 7 nitrogen and oxygen atoms in total. The Kier molecular flexibility index (Phi) is 5.82. The van der Waals surface area contributed by atoms with E-state index in [-0.39, 0.29) is 5.91 Å². The minimum absolute atomic E-state index is 0.192. The number of allylic oxidation sites excluding steroid dienone is 1. The summed E-state index contributed by atoms with van der Waals surface area (Å²) in [6.45, 7) is 4.44. The number of fused-ring (bicyclic) bond motifs is 1. The number of para-hydroxylation sites is 1. The fourth-order valence-electron chi connectivity index (χ4n) is 4.13. The number of carbonyl (C=O) groups excluding carboxylic acids is 1. The van der Waals surface area contributed by atoms with Gasteiger partial charge in [-0.2, -0.15) is 10.1 Å². The van der Waals surface area contributed by atoms with Crippen LogP contribution in [0.1, 0.15) is 29.7 Å². The Morgan fingerprint density at radius 1 is 1.03 bits per heavy atom. The lowest BCUT2D eigenvalue weighted by Gasteiger charge is -2.28. The van der Waals surface area contributed by atoms with Gasteiger partial charge >= 0.3 is 0 Å². The first-order valence-corrected chi connectivity index (χ1v) is 11.1. The zero-order valence-corrected chi connectivity index (χ0v) is 19.0. The van der Waals surface area contributed by atoms with Crippen molar-refractivity contribution in [1.82, 2.24) is 14.8 Å². The van der Waals surface area contributed by atoms with Crippen molar-refractivity contribution in [3.63, 3.8) is 0 Å². The van der Waals surface area contributed by atoms with Crippen LogP contribution in [0.25, 0.3) is 0 Å². The van der Waals surface area contributed by atoms with E-state index >= 15 is 0 Å². The van der Waals surface area contributed by atoms with Crippen LogP contribution in [0.5, 0.6) is 5.75 Å². The molecule has 1 aliphatic heterocycles. The minimum Gasteiger partial charge on any atom is -0.489 e. The van der Waals surface area contributed by atoms with Crippen LogP contribution in [-0.2, 0) is 11.4 Å². The van der Waals surface area contributed by atoms with Gasteiger partial charge in [0.25, 0.3) is 5.91 Å². The fourth-order valence-corrected chi connectivity index (χ4v) is 4.13. The van der Waals surface area contributed by atoms with E-state index in [2.05, 4.69) is 39.8 Å². The Balaban J connectivity index is 1.41. The average Bonchev–Trinajstić information content (AvgIpc) is 3.31. The highest BCUT2D eigenvalue weighted by molar-refractivity contribution is 6.06. The zero-order chi connectivity index (χ0) is 23.5. The van der Waals surface area contributed by atoms with E-state index in [4.69, 9.17) is 4.74 Å². The van der Waals surface area contributed by atoms with Gasteiger partial charge in [0.1, 0.15) is 24.7 Å². The second kappa shape index (κ2) is 9.23. The van der Waals surface area contributed by atoms with Gasteiger partial charge in [0, 0.05) is 11.4 Å². The maximum Gasteiger partial charge on any atom is 0.255 e. The molecule has 0 spiro atoms. The van der Waals surface area contributed by atoms with Crippen LogP contribution < -0.4 is 15.4 Å². The highest BCUT2D eigenvalue weighted by Gasteiger charge is 2.33. The zero-order valence-electron chi connectivity index (χ0n) is 19.0. The number of aromatic nitrogens is 3. The predicted octanol–water partition coefficient (Wildman–Crippen LogP) is 5.09. The topological polar surface area (TPSA) is 81.1 Å². The molecule has 7 heteroatoms. The van der Waals surface area contributed by atoms with Crippen molar-refractivity contribution in [2.75, 3.05) is 10.6 Å². The summed E-state index contributed by atoms with van der Waals surface area (Å²) < 4.78 is 7.71. The lowest BCUT2D eigenvalue weighted by molar-refractivity contribution is -0.113. The van der Waals surface area contributed by atoms with E-state index in [0.717, 1.165) is 28.3 Å². The molecule has 0 aliphatic carbocycles. The summed E-state index contributed by atoms with van der Waals surface area (Å²) >= 11 is 0. The molecular weight excluding hydrogens is 426 g/mol. The first-order valence-electron chi connectivity index (χ1n) is 11.1. The van der Waals surface area contributed by atoms with E-state index in [9.17, 15) is 4.79 Å². The number of rotatable bonds is 6. The molecule has 34 heavy (non-hydrogen) atoms. The molecule has 0 bridgehead atoms. The second-order valence-corrected chi connectivity index (χ2v) is 8.26. The summed E-state index contributed by atoms with van der Waals surface area (Å²) in [5.74, 6) is 1.16. The molecule has 5 rings (SSSR count). The summed E-state index contributed by atoms with van der Waals surface area (Å²) in [5, 5.41) is 10.6. The molecule has 1 amide bonds. The maximum absolute atomic E-state index is 13.4. The number of nitrogens with zero attached hydrogens (tertiary/aromatic N) is 3. The Morgan fingerprint density at radius 3 is 2.59 bits per heavy atom. The Hall–Kier alpha value is -4.39. The molecular formula is C27H25N5O2. The number of ether oxygens (including phenoxy) is 1. The summed E-state index contributed by atoms with van der Waals surface area (Å²) in [6.07, 6.45) is 1.49. The fraction of sp³-hybridized carbons (Fsp3) is 0.148.